The standard InChI is InChI=1S/C19H31N4O3P.C18H29N4O3P.C17H27N4O3P.C16H25N4O3P.C15H22BrN4O3P.C15H22FN4O3P/c1-5-6-7-14-22-15-12(20)8-10-21-18(15)23(14)19-17(25)16(24)13(26-19)9-11-27(2,3)4;1-5-6-13-21-14-11(19)7-9-20-17(14)22(13)18-16(24)15(23)12(25-18)8-10-26(2,3)4;1-5-12-20-13-10(18)6-8-19-16(13)21(12)17-15(23)14(22)11(24-17)7-9-25(2,3)4;1-9-19-12-10(17)5-7-18-15(12)20(9)16-14(22)13(21)11(23-16)6-8-24(2,3)4;2*1-24(2,3)7-5-9-11(21)12(22)14(23-9)20-13-10(19-15(20)16)8(17)4-6-18-13/h8,10,13,16-17,19,24-25H,2,5-7,9,11H2,1,3-4H3,(H2,20,21);7,9,12,15-16,18,23-24H,2,5-6,8,10H2,1,3-4H3,(H2,19,20);6,8,11,14-15,17,22-23H,2,5,7,9H2,1,3-4H3,(H2,18,19);5,7,11,13-14,16,21-22H,2,6,8H2,1,3-4H3,(H2,17,18);2*4,6,9,11-12,14,21-22H,1,5,7H2,2-3H3,(H2,17,18)/t13-,16-,17-,19?;12-,15-,16-,18?;11-,14-,15-,17?;11-,13-,14-,16?;2*9-,11-,12-,14?/m111111/s1. The van der Waals surface area contributed by atoms with E-state index in [1.165, 1.54) is 12.3 Å². The van der Waals surface area contributed by atoms with Crippen LogP contribution in [0, 0.1) is 13.0 Å². The summed E-state index contributed by atoms with van der Waals surface area (Å²) in [6.45, 7) is 26.1. The fourth-order valence-electron chi connectivity index (χ4n) is 18.9. The van der Waals surface area contributed by atoms with Gasteiger partial charge in [-0.15, -0.1) is 79.1 Å². The fraction of sp³-hybridized carbons (Fsp3) is 0.580. The molecule has 0 saturated carbocycles. The zero-order valence-corrected chi connectivity index (χ0v) is 95.5. The molecule has 6 unspecified atom stereocenters. The van der Waals surface area contributed by atoms with E-state index in [2.05, 4.69) is 207 Å². The molecule has 42 nitrogen and oxygen atoms in total. The number of fused-ring (bicyclic) bond motifs is 6. The molecule has 150 heavy (non-hydrogen) atoms. The molecule has 6 aliphatic rings. The molecule has 18 heterocycles. The summed E-state index contributed by atoms with van der Waals surface area (Å²) in [6.07, 6.45) is 27.9. The molecule has 18 rings (SSSR count). The number of anilines is 6. The second-order valence-electron chi connectivity index (χ2n) is 43.8. The molecule has 0 aromatic carbocycles. The summed E-state index contributed by atoms with van der Waals surface area (Å²) in [7, 11) is 0. The van der Waals surface area contributed by atoms with E-state index in [-0.39, 0.29) is 16.9 Å². The van der Waals surface area contributed by atoms with Crippen LogP contribution in [0.15, 0.2) is 78.3 Å². The molecule has 12 aromatic rings. The van der Waals surface area contributed by atoms with Gasteiger partial charge in [0.25, 0.3) is 6.08 Å². The lowest BCUT2D eigenvalue weighted by Gasteiger charge is -2.20. The summed E-state index contributed by atoms with van der Waals surface area (Å²) in [5.41, 5.74) is 44.8. The Balaban J connectivity index is 0.000000150. The number of unbranched alkanes of at least 4 members (excludes halogenated alkanes) is 1. The van der Waals surface area contributed by atoms with E-state index in [0.717, 1.165) is 84.7 Å². The molecule has 0 spiro atoms. The van der Waals surface area contributed by atoms with Crippen molar-refractivity contribution in [1.82, 2.24) is 87.2 Å². The number of aliphatic hydroxyl groups excluding tert-OH is 12. The Kier molecular flexibility index (Phi) is 38.7. The van der Waals surface area contributed by atoms with Gasteiger partial charge in [-0.25, -0.2) is 54.8 Å². The summed E-state index contributed by atoms with van der Waals surface area (Å²) in [5.74, 6) is 2.90. The van der Waals surface area contributed by atoms with Gasteiger partial charge < -0.3 is 124 Å². The van der Waals surface area contributed by atoms with Crippen LogP contribution < -0.4 is 34.4 Å². The first-order valence-corrected chi connectivity index (χ1v) is 69.5. The quantitative estimate of drug-likeness (QED) is 0.0188. The van der Waals surface area contributed by atoms with Crippen LogP contribution in [-0.4, -0.2) is 413 Å². The Morgan fingerprint density at radius 2 is 0.520 bits per heavy atom. The van der Waals surface area contributed by atoms with Gasteiger partial charge in [0.05, 0.1) is 70.7 Å². The first kappa shape index (κ1) is 119. The van der Waals surface area contributed by atoms with Crippen LogP contribution in [-0.2, 0) is 47.7 Å². The second-order valence-corrected chi connectivity index (χ2v) is 70.5. The van der Waals surface area contributed by atoms with Crippen molar-refractivity contribution in [2.75, 3.05) is 151 Å². The van der Waals surface area contributed by atoms with Gasteiger partial charge >= 0.3 is 0 Å². The molecule has 24 N–H and O–H groups in total. The summed E-state index contributed by atoms with van der Waals surface area (Å²) in [6, 6.07) is 9.98. The SMILES string of the molecule is C=P(C)(C)CC[C@H]1OC(n2c(Br)nc3c(N)ccnc32)[C@H](O)[C@@H]1O.C=P(C)(C)CC[C@H]1OC(n2c(C)nc3c(N)ccnc32)[C@H](O)[C@@H]1O.C=P(C)(C)CC[C@H]1OC(n2c(CC)nc3c(N)ccnc32)[C@H](O)[C@@H]1O.C=P(C)(C)CC[C@H]1OC(n2c(CCC)nc3c(N)ccnc32)[C@H](O)[C@@H]1O.C=P(C)(C)CC[C@H]1OC(n2c(CCCC)nc3c(N)ccnc32)[C@H](O)[C@@H]1O.C=P(C)(C)CC[C@H]1OC(n2c(F)nc3c(N)ccnc32)[C@H](O)[C@@H]1O. The van der Waals surface area contributed by atoms with Crippen molar-refractivity contribution < 1.29 is 94.1 Å². The minimum atomic E-state index is -1.29. The number of nitrogens with two attached hydrogens (primary N) is 6. The van der Waals surface area contributed by atoms with Gasteiger partial charge in [0, 0.05) is 56.4 Å². The van der Waals surface area contributed by atoms with E-state index >= 15 is 0 Å². The number of nitrogens with zero attached hydrogens (tertiary/aromatic N) is 18. The lowest BCUT2D eigenvalue weighted by atomic mass is 10.1. The molecule has 6 fully saturated rings. The number of ether oxygens (including phenoxy) is 6. The first-order chi connectivity index (χ1) is 70.2. The van der Waals surface area contributed by atoms with E-state index in [4.69, 9.17) is 62.8 Å². The maximum atomic E-state index is 14.3. The van der Waals surface area contributed by atoms with Crippen molar-refractivity contribution in [1.29, 1.82) is 0 Å². The third kappa shape index (κ3) is 27.6. The highest BCUT2D eigenvalue weighted by Gasteiger charge is 2.52. The molecule has 6 aliphatic heterocycles. The third-order valence-electron chi connectivity index (χ3n) is 27.2. The number of aromatic nitrogens is 18. The molecular formula is C100H156BrFN24O18P6. The van der Waals surface area contributed by atoms with Crippen LogP contribution in [0.2, 0.25) is 0 Å². The number of imidazole rings is 6. The predicted molar refractivity (Wildman–Crippen MR) is 614 cm³/mol. The molecule has 0 amide bonds. The van der Waals surface area contributed by atoms with Crippen molar-refractivity contribution >= 4 is 196 Å². The van der Waals surface area contributed by atoms with Crippen molar-refractivity contribution in [2.24, 2.45) is 0 Å². The van der Waals surface area contributed by atoms with Gasteiger partial charge in [0.2, 0.25) is 0 Å². The molecule has 6 saturated heterocycles. The molecule has 0 bridgehead atoms. The Bertz CT molecular complexity index is 6700. The van der Waals surface area contributed by atoms with Gasteiger partial charge in [-0.1, -0.05) is 27.2 Å². The highest BCUT2D eigenvalue weighted by molar-refractivity contribution is 9.10. The number of pyridine rings is 6. The lowest BCUT2D eigenvalue weighted by Crippen LogP contribution is -2.32. The van der Waals surface area contributed by atoms with E-state index in [0.29, 0.717) is 146 Å². The fourth-order valence-corrected chi connectivity index (χ4v) is 25.2. The number of aryl methyl sites for hydroxylation is 4. The Morgan fingerprint density at radius 1 is 0.300 bits per heavy atom. The lowest BCUT2D eigenvalue weighted by molar-refractivity contribution is -0.0413. The summed E-state index contributed by atoms with van der Waals surface area (Å²) < 4.78 is 60.5. The molecule has 828 valence electrons. The van der Waals surface area contributed by atoms with Gasteiger partial charge in [0.15, 0.2) is 76.0 Å². The third-order valence-corrected chi connectivity index (χ3v) is 36.6. The Labute approximate surface area is 883 Å². The van der Waals surface area contributed by atoms with E-state index in [9.17, 15) is 65.7 Å². The van der Waals surface area contributed by atoms with Crippen LogP contribution in [0.25, 0.3) is 67.0 Å². The summed E-state index contributed by atoms with van der Waals surface area (Å²) in [4.78, 5) is 52.2. The van der Waals surface area contributed by atoms with Crippen LogP contribution in [0.3, 0.4) is 0 Å². The van der Waals surface area contributed by atoms with Gasteiger partial charge in [0.1, 0.15) is 130 Å². The minimum absolute atomic E-state index is 0.175. The number of nitrogen functional groups attached to an aromatic ring is 6. The average molecular weight is 2270 g/mol. The van der Waals surface area contributed by atoms with Gasteiger partial charge in [-0.3, -0.25) is 27.4 Å². The van der Waals surface area contributed by atoms with Crippen LogP contribution in [0.4, 0.5) is 38.5 Å². The van der Waals surface area contributed by atoms with Crippen LogP contribution >= 0.6 is 57.2 Å². The number of hydrogen-bond donors (Lipinski definition) is 18. The highest BCUT2D eigenvalue weighted by Crippen LogP contribution is 2.49. The Morgan fingerprint density at radius 3 is 0.793 bits per heavy atom. The summed E-state index contributed by atoms with van der Waals surface area (Å²) in [5, 5.41) is 126. The zero-order chi connectivity index (χ0) is 110. The number of aliphatic hydroxyl groups is 12. The van der Waals surface area contributed by atoms with Crippen LogP contribution in [0.5, 0.6) is 0 Å². The second kappa shape index (κ2) is 48.8. The number of hydrogen-bond acceptors (Lipinski definition) is 36. The van der Waals surface area contributed by atoms with Gasteiger partial charge in [-0.2, -0.15) is 9.37 Å². The average Bonchev–Trinajstić information content (AvgIpc) is 1.63. The van der Waals surface area contributed by atoms with E-state index in [1.807, 2.05) is 18.4 Å². The number of halogens is 2. The predicted octanol–water partition coefficient (Wildman–Crippen LogP) is 8.46. The van der Waals surface area contributed by atoms with Crippen molar-refractivity contribution in [3.8, 4) is 0 Å². The van der Waals surface area contributed by atoms with Crippen molar-refractivity contribution in [3.05, 3.63) is 108 Å². The van der Waals surface area contributed by atoms with Crippen molar-refractivity contribution in [2.45, 2.75) is 252 Å². The maximum Gasteiger partial charge on any atom is 0.293 e. The minimum Gasteiger partial charge on any atom is -0.397 e. The largest absolute Gasteiger partial charge is 0.397 e. The Hall–Kier alpha value is -7.99. The monoisotopic (exact) mass is 2260 g/mol. The summed E-state index contributed by atoms with van der Waals surface area (Å²) >= 11 is 3.37. The molecular weight excluding hydrogens is 2110 g/mol. The van der Waals surface area contributed by atoms with E-state index < -0.39 is 195 Å². The molecule has 12 aromatic heterocycles. The van der Waals surface area contributed by atoms with Crippen molar-refractivity contribution in [3.63, 3.8) is 0 Å². The maximum absolute atomic E-state index is 14.3. The topological polar surface area (TPSA) is 639 Å². The van der Waals surface area contributed by atoms with E-state index in [1.54, 1.807) is 79.6 Å². The smallest absolute Gasteiger partial charge is 0.293 e. The first-order valence-electron chi connectivity index (χ1n) is 50.4. The van der Waals surface area contributed by atoms with Crippen LogP contribution in [0.1, 0.15) is 139 Å². The molecule has 0 aliphatic carbocycles. The van der Waals surface area contributed by atoms with Gasteiger partial charge in [-0.05, 0) is 228 Å². The zero-order valence-electron chi connectivity index (χ0n) is 88.5. The highest BCUT2D eigenvalue weighted by atomic mass is 79.9. The normalized spacial score (nSPS) is 27.2. The molecule has 24 atom stereocenters. The number of rotatable bonds is 30. The molecule has 50 heteroatoms. The molecule has 0 radical (unpaired) electrons.